The minimum Gasteiger partial charge on any atom is -0.496 e. The van der Waals surface area contributed by atoms with Crippen molar-refractivity contribution in [1.82, 2.24) is 0 Å². The first-order valence-corrected chi connectivity index (χ1v) is 6.29. The van der Waals surface area contributed by atoms with Crippen molar-refractivity contribution in [2.24, 2.45) is 0 Å². The maximum Gasteiger partial charge on any atom is 0.194 e. The van der Waals surface area contributed by atoms with E-state index in [0.717, 1.165) is 5.56 Å². The second-order valence-corrected chi connectivity index (χ2v) is 4.59. The zero-order valence-electron chi connectivity index (χ0n) is 10.9. The largest absolute Gasteiger partial charge is 0.496 e. The number of carbonyl (C=O) groups is 1. The maximum absolute atomic E-state index is 12.8. The van der Waals surface area contributed by atoms with Crippen LogP contribution >= 0.6 is 0 Å². The highest BCUT2D eigenvalue weighted by Crippen LogP contribution is 2.44. The Hall–Kier alpha value is -2.20. The topological polar surface area (TPSA) is 38.8 Å². The second kappa shape index (κ2) is 5.06. The molecule has 20 heavy (non-hydrogen) atoms. The first kappa shape index (κ1) is 12.8. The first-order valence-electron chi connectivity index (χ1n) is 6.29. The van der Waals surface area contributed by atoms with Gasteiger partial charge in [-0.2, -0.15) is 0 Å². The lowest BCUT2D eigenvalue weighted by atomic mass is 10.0. The Labute approximate surface area is 115 Å². The SMILES string of the molecule is COc1ccccc1C1OC1C(=O)c1ccc(F)cc1. The van der Waals surface area contributed by atoms with E-state index in [2.05, 4.69) is 0 Å². The van der Waals surface area contributed by atoms with E-state index in [1.165, 1.54) is 24.3 Å². The number of ketones is 1. The van der Waals surface area contributed by atoms with E-state index in [-0.39, 0.29) is 17.7 Å². The predicted molar refractivity (Wildman–Crippen MR) is 71.3 cm³/mol. The van der Waals surface area contributed by atoms with Crippen molar-refractivity contribution in [1.29, 1.82) is 0 Å². The number of Topliss-reactive ketones (excluding diaryl/α,β-unsaturated/α-hetero) is 1. The number of hydrogen-bond donors (Lipinski definition) is 0. The Morgan fingerprint density at radius 1 is 1.15 bits per heavy atom. The zero-order chi connectivity index (χ0) is 14.1. The van der Waals surface area contributed by atoms with Crippen LogP contribution in [0.15, 0.2) is 48.5 Å². The highest BCUT2D eigenvalue weighted by molar-refractivity contribution is 6.01. The Bertz CT molecular complexity index is 636. The Morgan fingerprint density at radius 2 is 1.85 bits per heavy atom. The van der Waals surface area contributed by atoms with Gasteiger partial charge in [0, 0.05) is 11.1 Å². The van der Waals surface area contributed by atoms with Crippen LogP contribution < -0.4 is 4.74 Å². The number of hydrogen-bond acceptors (Lipinski definition) is 3. The summed E-state index contributed by atoms with van der Waals surface area (Å²) in [5.41, 5.74) is 1.31. The van der Waals surface area contributed by atoms with Crippen LogP contribution in [0.5, 0.6) is 5.75 Å². The summed E-state index contributed by atoms with van der Waals surface area (Å²) in [4.78, 5) is 12.2. The molecule has 3 rings (SSSR count). The molecule has 0 aromatic heterocycles. The summed E-state index contributed by atoms with van der Waals surface area (Å²) in [7, 11) is 1.58. The number of halogens is 1. The van der Waals surface area contributed by atoms with E-state index in [9.17, 15) is 9.18 Å². The van der Waals surface area contributed by atoms with Crippen molar-refractivity contribution in [2.45, 2.75) is 12.2 Å². The molecule has 3 nitrogen and oxygen atoms in total. The molecule has 1 fully saturated rings. The second-order valence-electron chi connectivity index (χ2n) is 4.59. The molecule has 2 unspecified atom stereocenters. The number of rotatable bonds is 4. The van der Waals surface area contributed by atoms with Crippen LogP contribution in [0.25, 0.3) is 0 Å². The Morgan fingerprint density at radius 3 is 2.55 bits per heavy atom. The van der Waals surface area contributed by atoms with Crippen molar-refractivity contribution >= 4 is 5.78 Å². The third-order valence-corrected chi connectivity index (χ3v) is 3.32. The minimum atomic E-state index is -0.517. The van der Waals surface area contributed by atoms with Crippen LogP contribution in [0.3, 0.4) is 0 Å². The summed E-state index contributed by atoms with van der Waals surface area (Å²) < 4.78 is 23.6. The van der Waals surface area contributed by atoms with Crippen LogP contribution in [-0.4, -0.2) is 19.0 Å². The van der Waals surface area contributed by atoms with Crippen LogP contribution in [0.2, 0.25) is 0 Å². The lowest BCUT2D eigenvalue weighted by Gasteiger charge is -2.04. The number of ether oxygens (including phenoxy) is 2. The van der Waals surface area contributed by atoms with Gasteiger partial charge in [0.2, 0.25) is 0 Å². The van der Waals surface area contributed by atoms with Gasteiger partial charge in [-0.15, -0.1) is 0 Å². The van der Waals surface area contributed by atoms with Gasteiger partial charge in [-0.1, -0.05) is 18.2 Å². The summed E-state index contributed by atoms with van der Waals surface area (Å²) >= 11 is 0. The molecule has 2 aromatic rings. The van der Waals surface area contributed by atoms with E-state index in [4.69, 9.17) is 9.47 Å². The fourth-order valence-electron chi connectivity index (χ4n) is 2.23. The van der Waals surface area contributed by atoms with Gasteiger partial charge in [0.05, 0.1) is 7.11 Å². The van der Waals surface area contributed by atoms with Crippen LogP contribution in [-0.2, 0) is 4.74 Å². The average Bonchev–Trinajstić information content (AvgIpc) is 3.27. The van der Waals surface area contributed by atoms with Gasteiger partial charge in [-0.25, -0.2) is 4.39 Å². The van der Waals surface area contributed by atoms with E-state index in [1.807, 2.05) is 24.3 Å². The third-order valence-electron chi connectivity index (χ3n) is 3.32. The smallest absolute Gasteiger partial charge is 0.194 e. The van der Waals surface area contributed by atoms with Gasteiger partial charge in [0.1, 0.15) is 17.7 Å². The van der Waals surface area contributed by atoms with Gasteiger partial charge in [-0.05, 0) is 30.3 Å². The highest BCUT2D eigenvalue weighted by atomic mass is 19.1. The molecule has 0 bridgehead atoms. The molecule has 0 N–H and O–H groups in total. The molecule has 4 heteroatoms. The lowest BCUT2D eigenvalue weighted by Crippen LogP contribution is -2.08. The van der Waals surface area contributed by atoms with E-state index in [0.29, 0.717) is 11.3 Å². The maximum atomic E-state index is 12.8. The fourth-order valence-corrected chi connectivity index (χ4v) is 2.23. The quantitative estimate of drug-likeness (QED) is 0.634. The monoisotopic (exact) mass is 272 g/mol. The van der Waals surface area contributed by atoms with Crippen molar-refractivity contribution in [3.05, 3.63) is 65.5 Å². The van der Waals surface area contributed by atoms with Gasteiger partial charge < -0.3 is 9.47 Å². The van der Waals surface area contributed by atoms with Gasteiger partial charge >= 0.3 is 0 Å². The molecule has 102 valence electrons. The number of benzene rings is 2. The van der Waals surface area contributed by atoms with E-state index < -0.39 is 6.10 Å². The molecule has 0 spiro atoms. The molecule has 0 aliphatic carbocycles. The molecular weight excluding hydrogens is 259 g/mol. The van der Waals surface area contributed by atoms with Crippen LogP contribution in [0, 0.1) is 5.82 Å². The summed E-state index contributed by atoms with van der Waals surface area (Å²) in [5, 5.41) is 0. The number of carbonyl (C=O) groups excluding carboxylic acids is 1. The van der Waals surface area contributed by atoms with Gasteiger partial charge in [0.25, 0.3) is 0 Å². The molecular formula is C16H13FO3. The molecule has 1 aliphatic heterocycles. The highest BCUT2D eigenvalue weighted by Gasteiger charge is 2.47. The van der Waals surface area contributed by atoms with Crippen molar-refractivity contribution in [2.75, 3.05) is 7.11 Å². The van der Waals surface area contributed by atoms with Gasteiger partial charge in [0.15, 0.2) is 11.9 Å². The van der Waals surface area contributed by atoms with Crippen LogP contribution in [0.1, 0.15) is 22.0 Å². The molecule has 2 aromatic carbocycles. The Balaban J connectivity index is 1.78. The van der Waals surface area contributed by atoms with Crippen molar-refractivity contribution in [3.63, 3.8) is 0 Å². The molecule has 0 saturated carbocycles. The van der Waals surface area contributed by atoms with Crippen LogP contribution in [0.4, 0.5) is 4.39 Å². The van der Waals surface area contributed by atoms with Gasteiger partial charge in [-0.3, -0.25) is 4.79 Å². The minimum absolute atomic E-state index is 0.138. The summed E-state index contributed by atoms with van der Waals surface area (Å²) in [5.74, 6) is 0.201. The average molecular weight is 272 g/mol. The number of epoxide rings is 1. The molecule has 1 heterocycles. The fraction of sp³-hybridized carbons (Fsp3) is 0.188. The summed E-state index contributed by atoms with van der Waals surface area (Å²) in [6.07, 6.45) is -0.805. The normalized spacial score (nSPS) is 20.5. The molecule has 1 saturated heterocycles. The number of methoxy groups -OCH3 is 1. The third kappa shape index (κ3) is 2.30. The first-order chi connectivity index (χ1) is 9.70. The summed E-state index contributed by atoms with van der Waals surface area (Å²) in [6.45, 7) is 0. The van der Waals surface area contributed by atoms with E-state index >= 15 is 0 Å². The standard InChI is InChI=1S/C16H13FO3/c1-19-13-5-3-2-4-12(13)15-16(20-15)14(18)10-6-8-11(17)9-7-10/h2-9,15-16H,1H3. The van der Waals surface area contributed by atoms with Crippen molar-refractivity contribution in [3.8, 4) is 5.75 Å². The predicted octanol–water partition coefficient (Wildman–Crippen LogP) is 3.16. The zero-order valence-corrected chi connectivity index (χ0v) is 10.9. The molecule has 0 radical (unpaired) electrons. The van der Waals surface area contributed by atoms with Crippen molar-refractivity contribution < 1.29 is 18.7 Å². The summed E-state index contributed by atoms with van der Waals surface area (Å²) in [6, 6.07) is 12.9. The number of para-hydroxylation sites is 1. The molecule has 2 atom stereocenters. The Kier molecular flexibility index (Phi) is 3.24. The lowest BCUT2D eigenvalue weighted by molar-refractivity contribution is 0.0953. The molecule has 1 aliphatic rings. The molecule has 0 amide bonds. The van der Waals surface area contributed by atoms with E-state index in [1.54, 1.807) is 7.11 Å².